The summed E-state index contributed by atoms with van der Waals surface area (Å²) >= 11 is 0. The minimum Gasteiger partial charge on any atom is -0.490 e. The van der Waals surface area contributed by atoms with Gasteiger partial charge in [-0.2, -0.15) is 5.26 Å². The van der Waals surface area contributed by atoms with Crippen LogP contribution in [0.15, 0.2) is 78.2 Å². The third-order valence-corrected chi connectivity index (χ3v) is 6.13. The summed E-state index contributed by atoms with van der Waals surface area (Å²) in [5.41, 5.74) is 7.95. The number of ether oxygens (including phenoxy) is 5. The summed E-state index contributed by atoms with van der Waals surface area (Å²) in [5.74, 6) is 1.40. The molecule has 4 rings (SSSR count). The second-order valence-electron chi connectivity index (χ2n) is 8.89. The number of carbonyl (C=O) groups excluding carboxylic acids is 1. The summed E-state index contributed by atoms with van der Waals surface area (Å²) < 4.78 is 28.5. The van der Waals surface area contributed by atoms with E-state index in [9.17, 15) is 10.1 Å². The molecule has 1 heterocycles. The first kappa shape index (κ1) is 27.4. The second kappa shape index (κ2) is 13.2. The van der Waals surface area contributed by atoms with Gasteiger partial charge in [0.25, 0.3) is 0 Å². The van der Waals surface area contributed by atoms with Crippen molar-refractivity contribution in [3.05, 3.63) is 89.3 Å². The van der Waals surface area contributed by atoms with Gasteiger partial charge in [0.2, 0.25) is 5.88 Å². The summed E-state index contributed by atoms with van der Waals surface area (Å²) in [6.45, 7) is 4.86. The molecule has 0 radical (unpaired) electrons. The Balaban J connectivity index is 1.57. The molecule has 0 spiro atoms. The van der Waals surface area contributed by atoms with Crippen LogP contribution in [0.4, 0.5) is 0 Å². The fourth-order valence-electron chi connectivity index (χ4n) is 4.29. The second-order valence-corrected chi connectivity index (χ2v) is 8.89. The first-order valence-electron chi connectivity index (χ1n) is 13.0. The lowest BCUT2D eigenvalue weighted by molar-refractivity contribution is -0.136. The van der Waals surface area contributed by atoms with E-state index in [0.717, 1.165) is 24.8 Å². The fourth-order valence-corrected chi connectivity index (χ4v) is 4.29. The van der Waals surface area contributed by atoms with Crippen molar-refractivity contribution in [3.63, 3.8) is 0 Å². The molecule has 2 N–H and O–H groups in total. The molecule has 39 heavy (non-hydrogen) atoms. The van der Waals surface area contributed by atoms with Gasteiger partial charge in [0.05, 0.1) is 19.1 Å². The summed E-state index contributed by atoms with van der Waals surface area (Å²) in [6, 6.07) is 21.8. The van der Waals surface area contributed by atoms with Gasteiger partial charge >= 0.3 is 5.97 Å². The SMILES string of the molecule is CCCCCOc1ccc(C2C(C#N)=C(N)Oc3cc(OC(=O)COc4ccccc4)ccc32)cc1OCC. The maximum absolute atomic E-state index is 12.4. The van der Waals surface area contributed by atoms with E-state index < -0.39 is 11.9 Å². The lowest BCUT2D eigenvalue weighted by Gasteiger charge is -2.27. The monoisotopic (exact) mass is 528 g/mol. The third kappa shape index (κ3) is 6.82. The van der Waals surface area contributed by atoms with E-state index in [2.05, 4.69) is 13.0 Å². The molecule has 0 aromatic heterocycles. The van der Waals surface area contributed by atoms with Gasteiger partial charge in [0.1, 0.15) is 28.9 Å². The number of nitrogens with two attached hydrogens (primary N) is 1. The van der Waals surface area contributed by atoms with Crippen molar-refractivity contribution in [2.75, 3.05) is 19.8 Å². The highest BCUT2D eigenvalue weighted by Crippen LogP contribution is 2.45. The molecular weight excluding hydrogens is 496 g/mol. The van der Waals surface area contributed by atoms with Gasteiger partial charge in [-0.05, 0) is 49.2 Å². The largest absolute Gasteiger partial charge is 0.490 e. The van der Waals surface area contributed by atoms with E-state index in [1.165, 1.54) is 0 Å². The molecule has 8 heteroatoms. The molecule has 8 nitrogen and oxygen atoms in total. The number of benzene rings is 3. The minimum absolute atomic E-state index is 0.0104. The van der Waals surface area contributed by atoms with Crippen molar-refractivity contribution in [2.24, 2.45) is 5.73 Å². The zero-order valence-corrected chi connectivity index (χ0v) is 22.1. The van der Waals surface area contributed by atoms with Crippen LogP contribution < -0.4 is 29.4 Å². The van der Waals surface area contributed by atoms with E-state index in [0.29, 0.717) is 41.8 Å². The molecule has 1 aliphatic heterocycles. The zero-order valence-electron chi connectivity index (χ0n) is 22.1. The van der Waals surface area contributed by atoms with Crippen molar-refractivity contribution in [1.29, 1.82) is 5.26 Å². The van der Waals surface area contributed by atoms with E-state index in [1.807, 2.05) is 43.3 Å². The highest BCUT2D eigenvalue weighted by molar-refractivity contribution is 5.74. The van der Waals surface area contributed by atoms with Crippen molar-refractivity contribution in [2.45, 2.75) is 39.0 Å². The number of esters is 1. The normalized spacial score (nSPS) is 14.0. The molecular formula is C31H32N2O6. The maximum Gasteiger partial charge on any atom is 0.349 e. The number of rotatable bonds is 12. The van der Waals surface area contributed by atoms with Gasteiger partial charge in [0, 0.05) is 11.6 Å². The topological polar surface area (TPSA) is 113 Å². The number of hydrogen-bond donors (Lipinski definition) is 1. The average molecular weight is 529 g/mol. The summed E-state index contributed by atoms with van der Waals surface area (Å²) in [5, 5.41) is 9.93. The van der Waals surface area contributed by atoms with Gasteiger partial charge in [-0.15, -0.1) is 0 Å². The molecule has 3 aromatic rings. The van der Waals surface area contributed by atoms with Crippen molar-refractivity contribution >= 4 is 5.97 Å². The first-order chi connectivity index (χ1) is 19.0. The quantitative estimate of drug-likeness (QED) is 0.177. The number of para-hydroxylation sites is 1. The van der Waals surface area contributed by atoms with Gasteiger partial charge in [-0.25, -0.2) is 4.79 Å². The Morgan fingerprint density at radius 2 is 1.77 bits per heavy atom. The van der Waals surface area contributed by atoms with Crippen LogP contribution in [0.25, 0.3) is 0 Å². The van der Waals surface area contributed by atoms with Crippen LogP contribution >= 0.6 is 0 Å². The summed E-state index contributed by atoms with van der Waals surface area (Å²) in [7, 11) is 0. The molecule has 1 aliphatic rings. The van der Waals surface area contributed by atoms with Crippen LogP contribution in [-0.4, -0.2) is 25.8 Å². The highest BCUT2D eigenvalue weighted by Gasteiger charge is 2.32. The van der Waals surface area contributed by atoms with Gasteiger partial charge in [-0.1, -0.05) is 50.1 Å². The molecule has 0 amide bonds. The van der Waals surface area contributed by atoms with Crippen molar-refractivity contribution in [3.8, 4) is 34.8 Å². The van der Waals surface area contributed by atoms with E-state index in [-0.39, 0.29) is 23.8 Å². The Kier molecular flexibility index (Phi) is 9.30. The molecule has 0 aliphatic carbocycles. The number of carbonyl (C=O) groups is 1. The molecule has 0 fully saturated rings. The van der Waals surface area contributed by atoms with E-state index in [4.69, 9.17) is 29.4 Å². The smallest absolute Gasteiger partial charge is 0.349 e. The molecule has 0 saturated carbocycles. The predicted octanol–water partition coefficient (Wildman–Crippen LogP) is 5.86. The molecule has 202 valence electrons. The van der Waals surface area contributed by atoms with E-state index >= 15 is 0 Å². The molecule has 1 atom stereocenters. The van der Waals surface area contributed by atoms with E-state index in [1.54, 1.807) is 30.3 Å². The summed E-state index contributed by atoms with van der Waals surface area (Å²) in [6.07, 6.45) is 3.16. The predicted molar refractivity (Wildman–Crippen MR) is 146 cm³/mol. The van der Waals surface area contributed by atoms with Crippen LogP contribution in [-0.2, 0) is 4.79 Å². The Bertz CT molecular complexity index is 1360. The molecule has 1 unspecified atom stereocenters. The number of allylic oxidation sites excluding steroid dienone is 1. The highest BCUT2D eigenvalue weighted by atomic mass is 16.6. The maximum atomic E-state index is 12.4. The Morgan fingerprint density at radius 3 is 2.51 bits per heavy atom. The van der Waals surface area contributed by atoms with Crippen molar-refractivity contribution in [1.82, 2.24) is 0 Å². The van der Waals surface area contributed by atoms with Crippen LogP contribution in [0.3, 0.4) is 0 Å². The zero-order chi connectivity index (χ0) is 27.6. The lowest BCUT2D eigenvalue weighted by Crippen LogP contribution is -2.22. The average Bonchev–Trinajstić information content (AvgIpc) is 2.95. The number of fused-ring (bicyclic) bond motifs is 1. The van der Waals surface area contributed by atoms with Gasteiger partial charge in [-0.3, -0.25) is 0 Å². The van der Waals surface area contributed by atoms with Crippen LogP contribution in [0.5, 0.6) is 28.7 Å². The van der Waals surface area contributed by atoms with Crippen LogP contribution in [0, 0.1) is 11.3 Å². The lowest BCUT2D eigenvalue weighted by atomic mass is 9.83. The standard InChI is InChI=1S/C31H32N2O6/c1-3-5-9-16-36-26-15-12-21(17-28(26)35-4-2)30-24-14-13-23(18-27(24)39-31(33)25(30)19-32)38-29(34)20-37-22-10-7-6-8-11-22/h6-8,10-15,17-18,30H,3-5,9,16,20,33H2,1-2H3. The van der Waals surface area contributed by atoms with Crippen molar-refractivity contribution < 1.29 is 28.5 Å². The Morgan fingerprint density at radius 1 is 0.949 bits per heavy atom. The number of nitriles is 1. The third-order valence-electron chi connectivity index (χ3n) is 6.13. The van der Waals surface area contributed by atoms with Crippen LogP contribution in [0.1, 0.15) is 50.2 Å². The Labute approximate surface area is 228 Å². The van der Waals surface area contributed by atoms with Crippen LogP contribution in [0.2, 0.25) is 0 Å². The number of hydrogen-bond acceptors (Lipinski definition) is 8. The van der Waals surface area contributed by atoms with Gasteiger partial charge in [0.15, 0.2) is 18.1 Å². The summed E-state index contributed by atoms with van der Waals surface area (Å²) in [4.78, 5) is 12.4. The first-order valence-corrected chi connectivity index (χ1v) is 13.0. The molecule has 3 aromatic carbocycles. The fraction of sp³-hybridized carbons (Fsp3) is 0.290. The Hall–Kier alpha value is -4.64. The van der Waals surface area contributed by atoms with Gasteiger partial charge < -0.3 is 29.4 Å². The number of unbranched alkanes of at least 4 members (excludes halogenated alkanes) is 2. The number of nitrogens with zero attached hydrogens (tertiary/aromatic N) is 1. The minimum atomic E-state index is -0.566. The molecule has 0 saturated heterocycles. The molecule has 0 bridgehead atoms.